The van der Waals surface area contributed by atoms with Gasteiger partial charge in [0.1, 0.15) is 5.92 Å². The molecule has 2 rings (SSSR count). The van der Waals surface area contributed by atoms with E-state index in [9.17, 15) is 14.7 Å². The highest BCUT2D eigenvalue weighted by Gasteiger charge is 2.41. The summed E-state index contributed by atoms with van der Waals surface area (Å²) in [6.07, 6.45) is 3.17. The van der Waals surface area contributed by atoms with Crippen LogP contribution in [-0.4, -0.2) is 58.7 Å². The Morgan fingerprint density at radius 3 is 2.74 bits per heavy atom. The predicted octanol–water partition coefficient (Wildman–Crippen LogP) is 1.22. The third kappa shape index (κ3) is 3.23. The molecule has 1 amide bonds. The van der Waals surface area contributed by atoms with Crippen molar-refractivity contribution in [3.05, 3.63) is 0 Å². The number of amides is 1. The number of carbonyl (C=O) groups is 2. The summed E-state index contributed by atoms with van der Waals surface area (Å²) in [7, 11) is 0. The number of carboxylic acids is 1. The van der Waals surface area contributed by atoms with Crippen LogP contribution in [0.1, 0.15) is 26.2 Å². The molecule has 2 saturated heterocycles. The highest BCUT2D eigenvalue weighted by Crippen LogP contribution is 2.29. The minimum atomic E-state index is -0.870. The molecule has 19 heavy (non-hydrogen) atoms. The van der Waals surface area contributed by atoms with Crippen LogP contribution < -0.4 is 0 Å². The van der Waals surface area contributed by atoms with E-state index in [4.69, 9.17) is 4.74 Å². The maximum Gasteiger partial charge on any atom is 0.311 e. The van der Waals surface area contributed by atoms with Gasteiger partial charge in [-0.2, -0.15) is 0 Å². The van der Waals surface area contributed by atoms with Crippen LogP contribution in [0.25, 0.3) is 0 Å². The lowest BCUT2D eigenvalue weighted by molar-refractivity contribution is -0.144. The van der Waals surface area contributed by atoms with Gasteiger partial charge in [-0.15, -0.1) is 11.8 Å². The average Bonchev–Trinajstić information content (AvgIpc) is 2.90. The first-order valence-electron chi connectivity index (χ1n) is 6.87. The Bertz CT molecular complexity index is 344. The third-order valence-electron chi connectivity index (χ3n) is 3.85. The molecular weight excluding hydrogens is 266 g/mol. The van der Waals surface area contributed by atoms with E-state index in [0.29, 0.717) is 13.2 Å². The zero-order chi connectivity index (χ0) is 13.8. The second kappa shape index (κ2) is 6.61. The van der Waals surface area contributed by atoms with E-state index >= 15 is 0 Å². The summed E-state index contributed by atoms with van der Waals surface area (Å²) in [5, 5.41) is 9.20. The molecule has 3 unspecified atom stereocenters. The van der Waals surface area contributed by atoms with E-state index in [1.54, 1.807) is 16.7 Å². The van der Waals surface area contributed by atoms with Crippen molar-refractivity contribution in [3.8, 4) is 0 Å². The molecule has 0 radical (unpaired) electrons. The molecule has 0 saturated carbocycles. The summed E-state index contributed by atoms with van der Waals surface area (Å²) < 4.78 is 5.27. The van der Waals surface area contributed by atoms with E-state index in [1.165, 1.54) is 6.42 Å². The molecule has 2 aliphatic rings. The number of ether oxygens (including phenoxy) is 1. The smallest absolute Gasteiger partial charge is 0.311 e. The summed E-state index contributed by atoms with van der Waals surface area (Å²) in [6, 6.07) is -0.308. The second-order valence-electron chi connectivity index (χ2n) is 5.03. The Balaban J connectivity index is 2.05. The van der Waals surface area contributed by atoms with Crippen LogP contribution in [0.15, 0.2) is 0 Å². The van der Waals surface area contributed by atoms with Gasteiger partial charge in [-0.1, -0.05) is 6.42 Å². The minimum absolute atomic E-state index is 0.00347. The predicted molar refractivity (Wildman–Crippen MR) is 73.2 cm³/mol. The Labute approximate surface area is 117 Å². The first kappa shape index (κ1) is 14.7. The van der Waals surface area contributed by atoms with Gasteiger partial charge < -0.3 is 14.7 Å². The van der Waals surface area contributed by atoms with Crippen LogP contribution >= 0.6 is 11.8 Å². The summed E-state index contributed by atoms with van der Waals surface area (Å²) >= 11 is 1.70. The van der Waals surface area contributed by atoms with Crippen molar-refractivity contribution in [3.63, 3.8) is 0 Å². The first-order valence-corrected chi connectivity index (χ1v) is 7.92. The molecule has 1 N–H and O–H groups in total. The number of carbonyl (C=O) groups excluding carboxylic acids is 1. The highest BCUT2D eigenvalue weighted by atomic mass is 32.2. The number of aliphatic carboxylic acids is 1. The Morgan fingerprint density at radius 2 is 2.16 bits per heavy atom. The number of carboxylic acid groups (broad SMARTS) is 1. The maximum absolute atomic E-state index is 12.5. The lowest BCUT2D eigenvalue weighted by Crippen LogP contribution is -2.49. The zero-order valence-corrected chi connectivity index (χ0v) is 12.0. The van der Waals surface area contributed by atoms with Gasteiger partial charge in [-0.25, -0.2) is 0 Å². The second-order valence-corrected chi connectivity index (χ2v) is 6.34. The van der Waals surface area contributed by atoms with Gasteiger partial charge in [0, 0.05) is 6.54 Å². The molecule has 2 aliphatic heterocycles. The Morgan fingerprint density at radius 1 is 1.37 bits per heavy atom. The van der Waals surface area contributed by atoms with Gasteiger partial charge in [0.05, 0.1) is 24.5 Å². The fourth-order valence-electron chi connectivity index (χ4n) is 2.76. The van der Waals surface area contributed by atoms with E-state index < -0.39 is 11.9 Å². The lowest BCUT2D eigenvalue weighted by atomic mass is 10.0. The highest BCUT2D eigenvalue weighted by molar-refractivity contribution is 8.00. The quantitative estimate of drug-likeness (QED) is 0.842. The van der Waals surface area contributed by atoms with Crippen LogP contribution in [0.4, 0.5) is 0 Å². The molecule has 0 aromatic carbocycles. The molecule has 0 aliphatic carbocycles. The molecule has 0 bridgehead atoms. The van der Waals surface area contributed by atoms with Crippen molar-refractivity contribution >= 4 is 23.6 Å². The van der Waals surface area contributed by atoms with Crippen LogP contribution in [0, 0.1) is 5.92 Å². The molecule has 108 valence electrons. The van der Waals surface area contributed by atoms with Crippen molar-refractivity contribution in [2.45, 2.75) is 37.5 Å². The largest absolute Gasteiger partial charge is 0.481 e. The molecule has 0 spiro atoms. The lowest BCUT2D eigenvalue weighted by Gasteiger charge is -2.33. The van der Waals surface area contributed by atoms with E-state index in [-0.39, 0.29) is 23.8 Å². The molecule has 2 fully saturated rings. The monoisotopic (exact) mass is 287 g/mol. The number of thioether (sulfide) groups is 1. The normalized spacial score (nSPS) is 31.1. The Hall–Kier alpha value is -0.750. The molecule has 2 heterocycles. The number of nitrogens with zero attached hydrogens (tertiary/aromatic N) is 1. The molecular formula is C13H21NO4S. The summed E-state index contributed by atoms with van der Waals surface area (Å²) in [6.45, 7) is 3.01. The molecule has 3 atom stereocenters. The summed E-state index contributed by atoms with van der Waals surface area (Å²) in [5.41, 5.74) is 0. The minimum Gasteiger partial charge on any atom is -0.481 e. The Kier molecular flexibility index (Phi) is 5.10. The van der Waals surface area contributed by atoms with Gasteiger partial charge in [0.2, 0.25) is 5.91 Å². The molecule has 5 nitrogen and oxygen atoms in total. The number of rotatable bonds is 4. The fourth-order valence-corrected chi connectivity index (χ4v) is 4.03. The van der Waals surface area contributed by atoms with E-state index in [0.717, 1.165) is 18.6 Å². The first-order chi connectivity index (χ1) is 9.15. The van der Waals surface area contributed by atoms with Crippen molar-refractivity contribution in [2.24, 2.45) is 5.92 Å². The van der Waals surface area contributed by atoms with Crippen molar-refractivity contribution in [1.82, 2.24) is 4.90 Å². The summed E-state index contributed by atoms with van der Waals surface area (Å²) in [5.74, 6) is -0.339. The molecule has 6 heteroatoms. The number of likely N-dealkylation sites (N-methyl/N-ethyl adjacent to an activating group) is 1. The standard InChI is InChI=1S/C13H21NO4S/c1-2-14(10-8-18-7-9(10)13(16)17)12(15)11-5-3-4-6-19-11/h9-11H,2-8H2,1H3,(H,16,17). The van der Waals surface area contributed by atoms with Crippen LogP contribution in [0.3, 0.4) is 0 Å². The topological polar surface area (TPSA) is 66.8 Å². The van der Waals surface area contributed by atoms with Gasteiger partial charge >= 0.3 is 5.97 Å². The van der Waals surface area contributed by atoms with Gasteiger partial charge in [0.25, 0.3) is 0 Å². The van der Waals surface area contributed by atoms with Gasteiger partial charge in [-0.3, -0.25) is 9.59 Å². The fraction of sp³-hybridized carbons (Fsp3) is 0.846. The van der Waals surface area contributed by atoms with Gasteiger partial charge in [-0.05, 0) is 25.5 Å². The van der Waals surface area contributed by atoms with Crippen LogP contribution in [0.5, 0.6) is 0 Å². The number of hydrogen-bond acceptors (Lipinski definition) is 4. The zero-order valence-electron chi connectivity index (χ0n) is 11.2. The molecule has 0 aromatic rings. The van der Waals surface area contributed by atoms with Crippen LogP contribution in [-0.2, 0) is 14.3 Å². The van der Waals surface area contributed by atoms with E-state index in [2.05, 4.69) is 0 Å². The van der Waals surface area contributed by atoms with Crippen molar-refractivity contribution in [1.29, 1.82) is 0 Å². The number of hydrogen-bond donors (Lipinski definition) is 1. The third-order valence-corrected chi connectivity index (χ3v) is 5.21. The van der Waals surface area contributed by atoms with E-state index in [1.807, 2.05) is 6.92 Å². The van der Waals surface area contributed by atoms with Gasteiger partial charge in [0.15, 0.2) is 0 Å². The van der Waals surface area contributed by atoms with Crippen molar-refractivity contribution < 1.29 is 19.4 Å². The maximum atomic E-state index is 12.5. The van der Waals surface area contributed by atoms with Crippen molar-refractivity contribution in [2.75, 3.05) is 25.5 Å². The molecule has 0 aromatic heterocycles. The van der Waals surface area contributed by atoms with Crippen LogP contribution in [0.2, 0.25) is 0 Å². The SMILES string of the molecule is CCN(C(=O)C1CCCCS1)C1COCC1C(=O)O. The summed E-state index contributed by atoms with van der Waals surface area (Å²) in [4.78, 5) is 25.5. The average molecular weight is 287 g/mol.